The molecule has 22 heteroatoms. The first-order chi connectivity index (χ1) is 33.3. The van der Waals surface area contributed by atoms with Crippen molar-refractivity contribution in [2.75, 3.05) is 49.9 Å². The van der Waals surface area contributed by atoms with E-state index in [1.807, 2.05) is 38.6 Å². The average Bonchev–Trinajstić information content (AvgIpc) is 4.15. The van der Waals surface area contributed by atoms with E-state index in [4.69, 9.17) is 9.47 Å². The SMILES string of the molecule is C.C.CC(=O)N1CCC2(CC1)CCN(C(=O)Nc1ccc(Oc3ccnc(-c4cnn(C)c4)c3)cn1)C2=O.Cl.Cn1cc(-c2cc(Oc3ccc(NC(=O)N4CCC5(CCNCC5)C4=O)nc3)ccn2)cn1. The number of amides is 7. The molecule has 0 aromatic carbocycles. The van der Waals surface area contributed by atoms with Crippen LogP contribution in [0, 0.1) is 10.8 Å². The van der Waals surface area contributed by atoms with Crippen LogP contribution in [-0.2, 0) is 28.5 Å². The average molecular weight is 1010 g/mol. The number of halogens is 1. The van der Waals surface area contributed by atoms with Crippen molar-refractivity contribution in [1.29, 1.82) is 0 Å². The summed E-state index contributed by atoms with van der Waals surface area (Å²) >= 11 is 0. The number of hydrogen-bond acceptors (Lipinski definition) is 14. The molecule has 6 aromatic rings. The summed E-state index contributed by atoms with van der Waals surface area (Å²) in [6.07, 6.45) is 17.6. The maximum atomic E-state index is 13.1. The van der Waals surface area contributed by atoms with E-state index in [-0.39, 0.29) is 45.0 Å². The van der Waals surface area contributed by atoms with Crippen molar-refractivity contribution in [3.8, 4) is 45.5 Å². The quantitative estimate of drug-likeness (QED) is 0.133. The number of imide groups is 2. The lowest BCUT2D eigenvalue weighted by Gasteiger charge is -2.37. The summed E-state index contributed by atoms with van der Waals surface area (Å²) in [5.41, 5.74) is 2.29. The van der Waals surface area contributed by atoms with Crippen LogP contribution in [0.3, 0.4) is 0 Å². The Morgan fingerprint density at radius 3 is 1.40 bits per heavy atom. The molecule has 0 radical (unpaired) electrons. The number of carbonyl (C=O) groups is 5. The molecular formula is C50H61ClN14O7. The fourth-order valence-corrected chi connectivity index (χ4v) is 9.14. The molecule has 7 amide bonds. The predicted octanol–water partition coefficient (Wildman–Crippen LogP) is 7.56. The molecule has 0 unspecified atom stereocenters. The zero-order valence-corrected chi connectivity index (χ0v) is 39.7. The van der Waals surface area contributed by atoms with Gasteiger partial charge < -0.3 is 19.7 Å². The number of aryl methyl sites for hydroxylation is 2. The molecule has 4 saturated heterocycles. The summed E-state index contributed by atoms with van der Waals surface area (Å²) in [6, 6.07) is 12.9. The minimum absolute atomic E-state index is 0. The number of urea groups is 2. The third-order valence-corrected chi connectivity index (χ3v) is 13.1. The highest BCUT2D eigenvalue weighted by molar-refractivity contribution is 6.05. The van der Waals surface area contributed by atoms with Crippen LogP contribution in [0.15, 0.2) is 98.1 Å². The van der Waals surface area contributed by atoms with Crippen LogP contribution in [0.5, 0.6) is 23.0 Å². The number of piperidine rings is 2. The molecule has 10 rings (SSSR count). The Morgan fingerprint density at radius 1 is 0.583 bits per heavy atom. The number of nitrogens with one attached hydrogen (secondary N) is 3. The number of anilines is 2. The highest BCUT2D eigenvalue weighted by atomic mass is 35.5. The van der Waals surface area contributed by atoms with Gasteiger partial charge in [0.25, 0.3) is 0 Å². The van der Waals surface area contributed by atoms with E-state index in [1.54, 1.807) is 75.4 Å². The molecule has 72 heavy (non-hydrogen) atoms. The molecule has 3 N–H and O–H groups in total. The standard InChI is InChI=1S/C25H27N7O4.C23H25N7O3.2CH4.ClH/c1-17(33)31-10-6-25(7-11-31)8-12-32(23(25)34)24(35)29-22-4-3-20(15-27-22)36-19-5-9-26-21(13-19)18-14-28-30(2)16-18;1-29-15-16(13-27-29)19-12-17(4-8-25-19)33-18-2-3-20(26-14-18)28-22(32)30-11-7-23(21(30)31)5-9-24-10-6-23;;;/h3-5,9,13-16H,6-8,10-12H2,1-2H3,(H,27,29,35);2-4,8,12-15,24H,5-7,9-11H2,1H3,(H,26,28,32);2*1H4;1H. The number of likely N-dealkylation sites (tertiary alicyclic amines) is 3. The largest absolute Gasteiger partial charge is 0.456 e. The first-order valence-electron chi connectivity index (χ1n) is 22.8. The minimum atomic E-state index is -0.562. The van der Waals surface area contributed by atoms with Crippen LogP contribution in [0.2, 0.25) is 0 Å². The van der Waals surface area contributed by atoms with Gasteiger partial charge in [-0.25, -0.2) is 19.6 Å². The molecule has 4 fully saturated rings. The van der Waals surface area contributed by atoms with Gasteiger partial charge in [0.1, 0.15) is 34.6 Å². The van der Waals surface area contributed by atoms with E-state index in [2.05, 4.69) is 46.1 Å². The number of rotatable bonds is 8. The first-order valence-corrected chi connectivity index (χ1v) is 22.8. The fraction of sp³-hybridized carbons (Fsp3) is 0.380. The maximum Gasteiger partial charge on any atom is 0.329 e. The van der Waals surface area contributed by atoms with Crippen molar-refractivity contribution in [3.63, 3.8) is 0 Å². The number of nitrogens with zero attached hydrogens (tertiary/aromatic N) is 11. The number of ether oxygens (including phenoxy) is 2. The van der Waals surface area contributed by atoms with Gasteiger partial charge in [0.05, 0.1) is 47.0 Å². The molecule has 0 atom stereocenters. The highest BCUT2D eigenvalue weighted by Gasteiger charge is 2.51. The molecule has 10 heterocycles. The highest BCUT2D eigenvalue weighted by Crippen LogP contribution is 2.42. The van der Waals surface area contributed by atoms with Gasteiger partial charge in [-0.2, -0.15) is 10.2 Å². The molecule has 4 aliphatic heterocycles. The number of carbonyl (C=O) groups excluding carboxylic acids is 5. The van der Waals surface area contributed by atoms with Crippen LogP contribution in [0.1, 0.15) is 60.3 Å². The Kier molecular flexibility index (Phi) is 17.1. The van der Waals surface area contributed by atoms with Gasteiger partial charge in [0, 0.05) is 95.2 Å². The second kappa shape index (κ2) is 23.0. The molecule has 380 valence electrons. The Morgan fingerprint density at radius 2 is 1.01 bits per heavy atom. The van der Waals surface area contributed by atoms with Gasteiger partial charge in [-0.15, -0.1) is 12.4 Å². The molecule has 0 aliphatic carbocycles. The minimum Gasteiger partial charge on any atom is -0.456 e. The zero-order valence-electron chi connectivity index (χ0n) is 38.9. The summed E-state index contributed by atoms with van der Waals surface area (Å²) in [5.74, 6) is 2.64. The molecular weight excluding hydrogens is 944 g/mol. The predicted molar refractivity (Wildman–Crippen MR) is 271 cm³/mol. The van der Waals surface area contributed by atoms with Crippen molar-refractivity contribution in [2.45, 2.75) is 60.3 Å². The van der Waals surface area contributed by atoms with Crippen LogP contribution >= 0.6 is 12.4 Å². The second-order valence-corrected chi connectivity index (χ2v) is 17.6. The van der Waals surface area contributed by atoms with Crippen molar-refractivity contribution < 1.29 is 33.4 Å². The molecule has 0 bridgehead atoms. The summed E-state index contributed by atoms with van der Waals surface area (Å²) in [7, 11) is 3.69. The Balaban J connectivity index is 0.000000227. The van der Waals surface area contributed by atoms with Crippen LogP contribution < -0.4 is 25.4 Å². The Hall–Kier alpha value is -7.78. The van der Waals surface area contributed by atoms with Crippen LogP contribution in [0.4, 0.5) is 21.2 Å². The summed E-state index contributed by atoms with van der Waals surface area (Å²) in [5, 5.41) is 17.0. The monoisotopic (exact) mass is 1000 g/mol. The Labute approximate surface area is 424 Å². The lowest BCUT2D eigenvalue weighted by molar-refractivity contribution is -0.140. The molecule has 6 aromatic heterocycles. The van der Waals surface area contributed by atoms with Crippen LogP contribution in [0.25, 0.3) is 22.5 Å². The fourth-order valence-electron chi connectivity index (χ4n) is 9.14. The number of aromatic nitrogens is 8. The van der Waals surface area contributed by atoms with Gasteiger partial charge in [0.2, 0.25) is 17.7 Å². The van der Waals surface area contributed by atoms with E-state index >= 15 is 0 Å². The second-order valence-electron chi connectivity index (χ2n) is 17.6. The number of hydrogen-bond donors (Lipinski definition) is 3. The van der Waals surface area contributed by atoms with Crippen molar-refractivity contribution in [3.05, 3.63) is 98.1 Å². The van der Waals surface area contributed by atoms with E-state index in [9.17, 15) is 24.0 Å². The van der Waals surface area contributed by atoms with Gasteiger partial charge in [-0.3, -0.25) is 54.1 Å². The number of pyridine rings is 4. The lowest BCUT2D eigenvalue weighted by atomic mass is 9.77. The van der Waals surface area contributed by atoms with Gasteiger partial charge in [0.15, 0.2) is 0 Å². The first kappa shape index (κ1) is 53.6. The smallest absolute Gasteiger partial charge is 0.329 e. The lowest BCUT2D eigenvalue weighted by Crippen LogP contribution is -2.47. The summed E-state index contributed by atoms with van der Waals surface area (Å²) in [6.45, 7) is 5.03. The molecule has 21 nitrogen and oxygen atoms in total. The van der Waals surface area contributed by atoms with E-state index in [1.165, 1.54) is 29.1 Å². The maximum absolute atomic E-state index is 13.1. The van der Waals surface area contributed by atoms with Gasteiger partial charge in [-0.05, 0) is 88.0 Å². The van der Waals surface area contributed by atoms with Crippen LogP contribution in [-0.4, -0.2) is 123 Å². The molecule has 2 spiro atoms. The van der Waals surface area contributed by atoms with Crippen molar-refractivity contribution >= 4 is 53.8 Å². The summed E-state index contributed by atoms with van der Waals surface area (Å²) < 4.78 is 15.2. The normalized spacial score (nSPS) is 16.4. The van der Waals surface area contributed by atoms with Crippen molar-refractivity contribution in [2.24, 2.45) is 24.9 Å². The van der Waals surface area contributed by atoms with Crippen molar-refractivity contribution in [1.82, 2.24) is 59.5 Å². The third kappa shape index (κ3) is 11.9. The molecule has 0 saturated carbocycles. The van der Waals surface area contributed by atoms with E-state index in [0.29, 0.717) is 86.5 Å². The Bertz CT molecular complexity index is 2860. The van der Waals surface area contributed by atoms with Gasteiger partial charge >= 0.3 is 12.1 Å². The van der Waals surface area contributed by atoms with E-state index in [0.717, 1.165) is 48.4 Å². The topological polar surface area (TPSA) is 237 Å². The molecule has 4 aliphatic rings. The van der Waals surface area contributed by atoms with Gasteiger partial charge in [-0.1, -0.05) is 14.9 Å². The zero-order chi connectivity index (χ0) is 48.1. The van der Waals surface area contributed by atoms with E-state index < -0.39 is 22.9 Å². The summed E-state index contributed by atoms with van der Waals surface area (Å²) in [4.78, 5) is 84.7. The third-order valence-electron chi connectivity index (χ3n) is 13.1.